The number of nitrogens with zero attached hydrogens (tertiary/aromatic N) is 1. The van der Waals surface area contributed by atoms with E-state index in [9.17, 15) is 18.0 Å². The summed E-state index contributed by atoms with van der Waals surface area (Å²) in [7, 11) is 1.50. The van der Waals surface area contributed by atoms with E-state index in [1.165, 1.54) is 11.9 Å². The lowest BCUT2D eigenvalue weighted by Crippen LogP contribution is -2.39. The molecule has 0 saturated carbocycles. The molecule has 0 aliphatic heterocycles. The average molecular weight is 242 g/mol. The Balaban J connectivity index is 3.48. The van der Waals surface area contributed by atoms with E-state index in [-0.39, 0.29) is 38.6 Å². The van der Waals surface area contributed by atoms with Crippen LogP contribution in [0.5, 0.6) is 0 Å². The molecule has 0 saturated heterocycles. The predicted octanol–water partition coefficient (Wildman–Crippen LogP) is 1.35. The van der Waals surface area contributed by atoms with Crippen molar-refractivity contribution in [2.45, 2.75) is 25.4 Å². The highest BCUT2D eigenvalue weighted by Gasteiger charge is 2.25. The van der Waals surface area contributed by atoms with E-state index in [0.717, 1.165) is 0 Å². The predicted molar refractivity (Wildman–Crippen MR) is 53.0 cm³/mol. The minimum atomic E-state index is -4.13. The molecule has 7 heteroatoms. The van der Waals surface area contributed by atoms with Gasteiger partial charge in [-0.15, -0.1) is 0 Å². The molecule has 0 spiro atoms. The lowest BCUT2D eigenvalue weighted by molar-refractivity contribution is -0.135. The van der Waals surface area contributed by atoms with Gasteiger partial charge in [0.25, 0.3) is 0 Å². The summed E-state index contributed by atoms with van der Waals surface area (Å²) < 4.78 is 35.2. The molecule has 96 valence electrons. The number of nitrogens with one attached hydrogen (secondary N) is 1. The second kappa shape index (κ2) is 7.32. The van der Waals surface area contributed by atoms with Crippen molar-refractivity contribution in [1.82, 2.24) is 10.2 Å². The Morgan fingerprint density at radius 2 is 2.00 bits per heavy atom. The number of unbranched alkanes of at least 4 members (excludes halogenated alkanes) is 1. The van der Waals surface area contributed by atoms with Crippen molar-refractivity contribution < 1.29 is 23.1 Å². The highest BCUT2D eigenvalue weighted by Crippen LogP contribution is 2.21. The Labute approximate surface area is 92.4 Å². The number of likely N-dealkylation sites (N-methyl/N-ethyl adjacent to an activating group) is 1. The maximum atomic E-state index is 11.7. The van der Waals surface area contributed by atoms with Gasteiger partial charge in [0, 0.05) is 26.6 Å². The van der Waals surface area contributed by atoms with Crippen LogP contribution in [0.1, 0.15) is 19.3 Å². The quantitative estimate of drug-likeness (QED) is 0.691. The van der Waals surface area contributed by atoms with Crippen LogP contribution >= 0.6 is 0 Å². The molecule has 0 aliphatic carbocycles. The molecule has 0 aliphatic rings. The number of amides is 2. The van der Waals surface area contributed by atoms with Gasteiger partial charge in [-0.2, -0.15) is 13.2 Å². The average Bonchev–Trinajstić information content (AvgIpc) is 2.15. The number of rotatable bonds is 6. The van der Waals surface area contributed by atoms with Gasteiger partial charge in [0.05, 0.1) is 6.61 Å². The molecule has 0 atom stereocenters. The van der Waals surface area contributed by atoms with E-state index in [1.54, 1.807) is 0 Å². The molecule has 16 heavy (non-hydrogen) atoms. The van der Waals surface area contributed by atoms with Gasteiger partial charge in [0.15, 0.2) is 0 Å². The molecule has 0 bridgehead atoms. The smallest absolute Gasteiger partial charge is 0.389 e. The van der Waals surface area contributed by atoms with Gasteiger partial charge < -0.3 is 15.3 Å². The largest absolute Gasteiger partial charge is 0.395 e. The molecule has 0 radical (unpaired) electrons. The van der Waals surface area contributed by atoms with Crippen molar-refractivity contribution in [3.63, 3.8) is 0 Å². The molecule has 0 unspecified atom stereocenters. The monoisotopic (exact) mass is 242 g/mol. The number of hydrogen-bond donors (Lipinski definition) is 2. The minimum absolute atomic E-state index is 0.00743. The first-order valence-electron chi connectivity index (χ1n) is 5.03. The second-order valence-electron chi connectivity index (χ2n) is 3.45. The molecule has 0 aromatic carbocycles. The molecule has 0 rings (SSSR count). The number of aliphatic hydroxyl groups is 1. The van der Waals surface area contributed by atoms with Crippen molar-refractivity contribution in [2.75, 3.05) is 26.7 Å². The zero-order chi connectivity index (χ0) is 12.6. The fourth-order valence-corrected chi connectivity index (χ4v) is 1.03. The Hall–Kier alpha value is -0.980. The van der Waals surface area contributed by atoms with Gasteiger partial charge in [-0.05, 0) is 12.8 Å². The van der Waals surface area contributed by atoms with Gasteiger partial charge in [-0.25, -0.2) is 4.79 Å². The SMILES string of the molecule is CN(CCO)C(=O)NCCCCC(F)(F)F. The summed E-state index contributed by atoms with van der Waals surface area (Å²) in [6.07, 6.45) is -4.65. The van der Waals surface area contributed by atoms with Gasteiger partial charge in [-0.1, -0.05) is 0 Å². The van der Waals surface area contributed by atoms with Gasteiger partial charge >= 0.3 is 12.2 Å². The maximum Gasteiger partial charge on any atom is 0.389 e. The highest BCUT2D eigenvalue weighted by atomic mass is 19.4. The first-order chi connectivity index (χ1) is 7.37. The van der Waals surface area contributed by atoms with Crippen LogP contribution in [0.4, 0.5) is 18.0 Å². The van der Waals surface area contributed by atoms with E-state index in [1.807, 2.05) is 0 Å². The molecule has 0 aromatic rings. The number of halogens is 3. The number of aliphatic hydroxyl groups excluding tert-OH is 1. The Kier molecular flexibility index (Phi) is 6.87. The van der Waals surface area contributed by atoms with E-state index in [4.69, 9.17) is 5.11 Å². The summed E-state index contributed by atoms with van der Waals surface area (Å²) in [5.74, 6) is 0. The van der Waals surface area contributed by atoms with Crippen LogP contribution in [0.2, 0.25) is 0 Å². The van der Waals surface area contributed by atoms with Crippen LogP contribution < -0.4 is 5.32 Å². The Morgan fingerprint density at radius 3 is 2.50 bits per heavy atom. The van der Waals surface area contributed by atoms with Gasteiger partial charge in [0.2, 0.25) is 0 Å². The first kappa shape index (κ1) is 15.0. The topological polar surface area (TPSA) is 52.6 Å². The molecule has 0 fully saturated rings. The molecule has 2 N–H and O–H groups in total. The van der Waals surface area contributed by atoms with Crippen molar-refractivity contribution in [1.29, 1.82) is 0 Å². The van der Waals surface area contributed by atoms with E-state index < -0.39 is 12.6 Å². The number of carbonyl (C=O) groups is 1. The summed E-state index contributed by atoms with van der Waals surface area (Å²) in [6.45, 7) is 0.275. The number of urea groups is 1. The second-order valence-corrected chi connectivity index (χ2v) is 3.45. The lowest BCUT2D eigenvalue weighted by atomic mass is 10.2. The van der Waals surface area contributed by atoms with Crippen LogP contribution in [0.25, 0.3) is 0 Å². The minimum Gasteiger partial charge on any atom is -0.395 e. The van der Waals surface area contributed by atoms with Crippen molar-refractivity contribution in [3.8, 4) is 0 Å². The van der Waals surface area contributed by atoms with Crippen molar-refractivity contribution >= 4 is 6.03 Å². The van der Waals surface area contributed by atoms with Crippen LogP contribution in [-0.2, 0) is 0 Å². The lowest BCUT2D eigenvalue weighted by Gasteiger charge is -2.16. The summed E-state index contributed by atoms with van der Waals surface area (Å²) >= 11 is 0. The normalized spacial score (nSPS) is 11.3. The van der Waals surface area contributed by atoms with Crippen LogP contribution in [0.15, 0.2) is 0 Å². The molecule has 2 amide bonds. The van der Waals surface area contributed by atoms with Crippen molar-refractivity contribution in [3.05, 3.63) is 0 Å². The van der Waals surface area contributed by atoms with E-state index in [0.29, 0.717) is 0 Å². The van der Waals surface area contributed by atoms with Crippen LogP contribution in [-0.4, -0.2) is 49.0 Å². The molecule has 0 aromatic heterocycles. The third-order valence-corrected chi connectivity index (χ3v) is 1.95. The molecular formula is C9H17F3N2O2. The summed E-state index contributed by atoms with van der Waals surface area (Å²) in [5, 5.41) is 11.0. The third kappa shape index (κ3) is 8.34. The summed E-state index contributed by atoms with van der Waals surface area (Å²) in [4.78, 5) is 12.4. The Bertz CT molecular complexity index is 209. The summed E-state index contributed by atoms with van der Waals surface area (Å²) in [6, 6.07) is -0.388. The number of hydrogen-bond acceptors (Lipinski definition) is 2. The molecular weight excluding hydrogens is 225 g/mol. The third-order valence-electron chi connectivity index (χ3n) is 1.95. The van der Waals surface area contributed by atoms with Crippen LogP contribution in [0, 0.1) is 0 Å². The first-order valence-corrected chi connectivity index (χ1v) is 5.03. The van der Waals surface area contributed by atoms with Gasteiger partial charge in [-0.3, -0.25) is 0 Å². The number of carbonyl (C=O) groups excluding carboxylic acids is 1. The number of alkyl halides is 3. The van der Waals surface area contributed by atoms with Gasteiger partial charge in [0.1, 0.15) is 0 Å². The Morgan fingerprint density at radius 1 is 1.38 bits per heavy atom. The summed E-state index contributed by atoms with van der Waals surface area (Å²) in [5.41, 5.74) is 0. The van der Waals surface area contributed by atoms with Crippen molar-refractivity contribution in [2.24, 2.45) is 0 Å². The fourth-order valence-electron chi connectivity index (χ4n) is 1.03. The highest BCUT2D eigenvalue weighted by molar-refractivity contribution is 5.73. The van der Waals surface area contributed by atoms with E-state index >= 15 is 0 Å². The zero-order valence-corrected chi connectivity index (χ0v) is 9.18. The molecule has 0 heterocycles. The van der Waals surface area contributed by atoms with E-state index in [2.05, 4.69) is 5.32 Å². The standard InChI is InChI=1S/C9H17F3N2O2/c1-14(6-7-15)8(16)13-5-3-2-4-9(10,11)12/h15H,2-7H2,1H3,(H,13,16). The fraction of sp³-hybridized carbons (Fsp3) is 0.889. The molecule has 4 nitrogen and oxygen atoms in total. The zero-order valence-electron chi connectivity index (χ0n) is 9.18. The van der Waals surface area contributed by atoms with Crippen LogP contribution in [0.3, 0.4) is 0 Å². The maximum absolute atomic E-state index is 11.7.